The van der Waals surface area contributed by atoms with Crippen molar-refractivity contribution in [3.63, 3.8) is 0 Å². The zero-order valence-electron chi connectivity index (χ0n) is 12.9. The second kappa shape index (κ2) is 4.57. The van der Waals surface area contributed by atoms with Crippen LogP contribution in [0.25, 0.3) is 0 Å². The molecule has 2 heterocycles. The van der Waals surface area contributed by atoms with E-state index in [1.165, 1.54) is 0 Å². The topological polar surface area (TPSA) is 95.7 Å². The predicted octanol–water partition coefficient (Wildman–Crippen LogP) is 1.89. The van der Waals surface area contributed by atoms with Crippen molar-refractivity contribution in [1.82, 2.24) is 25.2 Å². The van der Waals surface area contributed by atoms with E-state index in [2.05, 4.69) is 41.3 Å². The Kier molecular flexibility index (Phi) is 3.31. The van der Waals surface area contributed by atoms with Crippen LogP contribution in [0.15, 0.2) is 4.42 Å². The van der Waals surface area contributed by atoms with Gasteiger partial charge in [0.05, 0.1) is 5.69 Å². The third-order valence-electron chi connectivity index (χ3n) is 2.87. The summed E-state index contributed by atoms with van der Waals surface area (Å²) in [5.74, 6) is 1.55. The molecule has 2 aromatic heterocycles. The molecule has 7 nitrogen and oxygen atoms in total. The predicted molar refractivity (Wildman–Crippen MR) is 75.2 cm³/mol. The highest BCUT2D eigenvalue weighted by Crippen LogP contribution is 2.27. The highest BCUT2D eigenvalue weighted by Gasteiger charge is 2.26. The lowest BCUT2D eigenvalue weighted by Gasteiger charge is -2.19. The number of nitrogens with zero attached hydrogens (tertiary/aromatic N) is 5. The van der Waals surface area contributed by atoms with E-state index >= 15 is 0 Å². The molecular weight excluding hydrogens is 256 g/mol. The molecule has 0 unspecified atom stereocenters. The van der Waals surface area contributed by atoms with E-state index in [4.69, 9.17) is 10.2 Å². The molecule has 2 N–H and O–H groups in total. The Balaban J connectivity index is 2.30. The van der Waals surface area contributed by atoms with Crippen molar-refractivity contribution >= 4 is 5.82 Å². The van der Waals surface area contributed by atoms with Crippen molar-refractivity contribution in [2.45, 2.75) is 58.9 Å². The maximum atomic E-state index is 5.89. The van der Waals surface area contributed by atoms with Gasteiger partial charge in [0, 0.05) is 10.8 Å². The van der Waals surface area contributed by atoms with Gasteiger partial charge in [-0.15, -0.1) is 15.3 Å². The highest BCUT2D eigenvalue weighted by atomic mass is 16.4. The first kappa shape index (κ1) is 14.5. The van der Waals surface area contributed by atoms with Crippen LogP contribution in [0, 0.1) is 0 Å². The quantitative estimate of drug-likeness (QED) is 0.901. The molecule has 0 aliphatic heterocycles. The molecule has 0 bridgehead atoms. The maximum Gasteiger partial charge on any atom is 0.238 e. The molecule has 0 spiro atoms. The summed E-state index contributed by atoms with van der Waals surface area (Å²) < 4.78 is 7.39. The van der Waals surface area contributed by atoms with Crippen molar-refractivity contribution in [3.8, 4) is 0 Å². The summed E-state index contributed by atoms with van der Waals surface area (Å²) in [6, 6.07) is 0. The van der Waals surface area contributed by atoms with E-state index in [0.717, 1.165) is 5.69 Å². The first-order valence-electron chi connectivity index (χ1n) is 6.61. The fourth-order valence-corrected chi connectivity index (χ4v) is 1.96. The summed E-state index contributed by atoms with van der Waals surface area (Å²) >= 11 is 0. The van der Waals surface area contributed by atoms with E-state index in [1.807, 2.05) is 20.8 Å². The molecule has 0 saturated carbocycles. The molecule has 0 fully saturated rings. The Morgan fingerprint density at radius 3 is 2.15 bits per heavy atom. The molecular formula is C13H22N6O. The minimum Gasteiger partial charge on any atom is -0.423 e. The molecule has 0 amide bonds. The van der Waals surface area contributed by atoms with Crippen LogP contribution in [0.2, 0.25) is 0 Å². The second-order valence-electron chi connectivity index (χ2n) is 6.98. The molecule has 0 atom stereocenters. The van der Waals surface area contributed by atoms with Gasteiger partial charge in [-0.1, -0.05) is 46.8 Å². The summed E-state index contributed by atoms with van der Waals surface area (Å²) in [7, 11) is 0. The van der Waals surface area contributed by atoms with Gasteiger partial charge >= 0.3 is 0 Å². The Hall–Kier alpha value is -1.92. The lowest BCUT2D eigenvalue weighted by molar-refractivity contribution is 0.358. The number of rotatable bonds is 2. The maximum absolute atomic E-state index is 5.89. The van der Waals surface area contributed by atoms with Crippen molar-refractivity contribution in [2.24, 2.45) is 0 Å². The number of anilines is 1. The monoisotopic (exact) mass is 278 g/mol. The van der Waals surface area contributed by atoms with Crippen molar-refractivity contribution in [3.05, 3.63) is 17.5 Å². The van der Waals surface area contributed by atoms with Crippen LogP contribution in [0.5, 0.6) is 0 Å². The average Bonchev–Trinajstić information content (AvgIpc) is 2.84. The Morgan fingerprint density at radius 1 is 1.00 bits per heavy atom. The van der Waals surface area contributed by atoms with Gasteiger partial charge < -0.3 is 10.2 Å². The van der Waals surface area contributed by atoms with Gasteiger partial charge in [0.2, 0.25) is 11.8 Å². The Labute approximate surface area is 118 Å². The summed E-state index contributed by atoms with van der Waals surface area (Å²) in [6.45, 7) is 12.6. The molecule has 2 aromatic rings. The normalized spacial score (nSPS) is 12.9. The molecule has 7 heteroatoms. The largest absolute Gasteiger partial charge is 0.423 e. The summed E-state index contributed by atoms with van der Waals surface area (Å²) in [5.41, 5.74) is 6.44. The first-order chi connectivity index (χ1) is 9.09. The van der Waals surface area contributed by atoms with Crippen LogP contribution in [0.4, 0.5) is 5.82 Å². The van der Waals surface area contributed by atoms with Crippen LogP contribution in [0.3, 0.4) is 0 Å². The number of aromatic nitrogens is 5. The fourth-order valence-electron chi connectivity index (χ4n) is 1.96. The third-order valence-corrected chi connectivity index (χ3v) is 2.87. The van der Waals surface area contributed by atoms with E-state index in [-0.39, 0.29) is 10.8 Å². The number of hydrogen-bond donors (Lipinski definition) is 1. The van der Waals surface area contributed by atoms with Crippen LogP contribution in [-0.2, 0) is 17.4 Å². The van der Waals surface area contributed by atoms with E-state index in [1.54, 1.807) is 4.68 Å². The molecule has 0 aromatic carbocycles. The lowest BCUT2D eigenvalue weighted by Crippen LogP contribution is -2.20. The first-order valence-corrected chi connectivity index (χ1v) is 6.61. The number of hydrogen-bond acceptors (Lipinski definition) is 6. The molecule has 20 heavy (non-hydrogen) atoms. The Bertz CT molecular complexity index is 599. The lowest BCUT2D eigenvalue weighted by atomic mass is 9.92. The van der Waals surface area contributed by atoms with Crippen LogP contribution < -0.4 is 5.73 Å². The molecule has 0 saturated heterocycles. The van der Waals surface area contributed by atoms with Gasteiger partial charge in [0.1, 0.15) is 6.54 Å². The van der Waals surface area contributed by atoms with Crippen LogP contribution in [-0.4, -0.2) is 25.2 Å². The molecule has 0 aliphatic carbocycles. The van der Waals surface area contributed by atoms with Gasteiger partial charge in [-0.25, -0.2) is 4.68 Å². The molecule has 0 radical (unpaired) electrons. The van der Waals surface area contributed by atoms with Gasteiger partial charge in [-0.05, 0) is 0 Å². The van der Waals surface area contributed by atoms with E-state index < -0.39 is 0 Å². The third kappa shape index (κ3) is 2.81. The Morgan fingerprint density at radius 2 is 1.65 bits per heavy atom. The van der Waals surface area contributed by atoms with Gasteiger partial charge in [-0.3, -0.25) is 0 Å². The van der Waals surface area contributed by atoms with Gasteiger partial charge in [-0.2, -0.15) is 0 Å². The van der Waals surface area contributed by atoms with Crippen molar-refractivity contribution in [2.75, 3.05) is 5.73 Å². The van der Waals surface area contributed by atoms with E-state index in [9.17, 15) is 0 Å². The van der Waals surface area contributed by atoms with Crippen LogP contribution in [0.1, 0.15) is 59.0 Å². The summed E-state index contributed by atoms with van der Waals surface area (Å²) in [6.07, 6.45) is 0. The van der Waals surface area contributed by atoms with Crippen molar-refractivity contribution in [1.29, 1.82) is 0 Å². The summed E-state index contributed by atoms with van der Waals surface area (Å²) in [4.78, 5) is 0. The van der Waals surface area contributed by atoms with Gasteiger partial charge in [0.15, 0.2) is 5.82 Å². The minimum atomic E-state index is -0.167. The summed E-state index contributed by atoms with van der Waals surface area (Å²) in [5, 5.41) is 16.1. The van der Waals surface area contributed by atoms with Crippen LogP contribution >= 0.6 is 0 Å². The number of nitrogens with two attached hydrogens (primary N) is 1. The number of nitrogen functional groups attached to an aromatic ring is 1. The second-order valence-corrected chi connectivity index (χ2v) is 6.98. The molecule has 2 rings (SSSR count). The fraction of sp³-hybridized carbons (Fsp3) is 0.692. The average molecular weight is 278 g/mol. The van der Waals surface area contributed by atoms with Gasteiger partial charge in [0.25, 0.3) is 0 Å². The molecule has 110 valence electrons. The zero-order valence-corrected chi connectivity index (χ0v) is 12.9. The van der Waals surface area contributed by atoms with Crippen molar-refractivity contribution < 1.29 is 4.42 Å². The van der Waals surface area contributed by atoms with E-state index in [0.29, 0.717) is 24.1 Å². The SMILES string of the molecule is CC(C)(C)c1nnc(Cn2nnc(N)c2C(C)(C)C)o1. The standard InChI is InChI=1S/C13H22N6O/c1-12(2,3)9-10(14)16-18-19(9)7-8-15-17-11(20-8)13(4,5)6/h7,14H2,1-6H3. The molecule has 0 aliphatic rings. The zero-order chi connectivity index (χ0) is 15.1. The minimum absolute atomic E-state index is 0.152. The smallest absolute Gasteiger partial charge is 0.238 e. The highest BCUT2D eigenvalue weighted by molar-refractivity contribution is 5.38.